The highest BCUT2D eigenvalue weighted by molar-refractivity contribution is 5.93. The number of para-hydroxylation sites is 3. The SMILES string of the molecule is Cc1cccc(C)c1NC(=O)CN(C)C/C(O)=C(\C#N)c1nc2ccccc2n1C. The van der Waals surface area contributed by atoms with Gasteiger partial charge in [-0.25, -0.2) is 4.98 Å². The predicted molar refractivity (Wildman–Crippen MR) is 118 cm³/mol. The van der Waals surface area contributed by atoms with Crippen LogP contribution in [0.4, 0.5) is 5.69 Å². The first-order chi connectivity index (χ1) is 14.3. The van der Waals surface area contributed by atoms with Crippen molar-refractivity contribution in [1.82, 2.24) is 14.5 Å². The van der Waals surface area contributed by atoms with Gasteiger partial charge in [0.15, 0.2) is 5.82 Å². The highest BCUT2D eigenvalue weighted by Crippen LogP contribution is 2.22. The van der Waals surface area contributed by atoms with Crippen LogP contribution < -0.4 is 5.32 Å². The van der Waals surface area contributed by atoms with E-state index >= 15 is 0 Å². The van der Waals surface area contributed by atoms with Crippen molar-refractivity contribution >= 4 is 28.2 Å². The molecule has 0 saturated heterocycles. The molecule has 0 atom stereocenters. The monoisotopic (exact) mass is 403 g/mol. The minimum absolute atomic E-state index is 0.0479. The molecule has 0 saturated carbocycles. The van der Waals surface area contributed by atoms with Crippen molar-refractivity contribution in [2.45, 2.75) is 13.8 Å². The van der Waals surface area contributed by atoms with Crippen molar-refractivity contribution in [2.24, 2.45) is 7.05 Å². The van der Waals surface area contributed by atoms with E-state index in [0.29, 0.717) is 5.82 Å². The number of aliphatic hydroxyl groups is 1. The van der Waals surface area contributed by atoms with Crippen molar-refractivity contribution in [1.29, 1.82) is 5.26 Å². The van der Waals surface area contributed by atoms with Gasteiger partial charge in [-0.3, -0.25) is 9.69 Å². The van der Waals surface area contributed by atoms with E-state index in [1.807, 2.05) is 56.3 Å². The van der Waals surface area contributed by atoms with Gasteiger partial charge in [-0.2, -0.15) is 5.26 Å². The third-order valence-electron chi connectivity index (χ3n) is 4.99. The number of amides is 1. The largest absolute Gasteiger partial charge is 0.509 e. The Kier molecular flexibility index (Phi) is 6.19. The molecule has 0 radical (unpaired) electrons. The predicted octanol–water partition coefficient (Wildman–Crippen LogP) is 3.55. The second kappa shape index (κ2) is 8.80. The van der Waals surface area contributed by atoms with E-state index in [0.717, 1.165) is 27.8 Å². The molecule has 3 rings (SSSR count). The van der Waals surface area contributed by atoms with Crippen molar-refractivity contribution in [3.05, 3.63) is 65.2 Å². The number of aliphatic hydroxyl groups excluding tert-OH is 1. The molecule has 3 aromatic rings. The van der Waals surface area contributed by atoms with Crippen LogP contribution in [0.2, 0.25) is 0 Å². The topological polar surface area (TPSA) is 94.2 Å². The Bertz CT molecular complexity index is 1150. The van der Waals surface area contributed by atoms with E-state index in [9.17, 15) is 15.2 Å². The first kappa shape index (κ1) is 21.1. The van der Waals surface area contributed by atoms with Crippen LogP contribution in [0.15, 0.2) is 48.2 Å². The zero-order valence-electron chi connectivity index (χ0n) is 17.6. The van der Waals surface area contributed by atoms with Gasteiger partial charge >= 0.3 is 0 Å². The number of nitriles is 1. The number of hydrogen-bond donors (Lipinski definition) is 2. The Labute approximate surface area is 175 Å². The molecule has 0 unspecified atom stereocenters. The molecule has 30 heavy (non-hydrogen) atoms. The average Bonchev–Trinajstić information content (AvgIpc) is 3.02. The van der Waals surface area contributed by atoms with Crippen molar-refractivity contribution in [3.63, 3.8) is 0 Å². The summed E-state index contributed by atoms with van der Waals surface area (Å²) in [5, 5.41) is 23.2. The minimum Gasteiger partial charge on any atom is -0.509 e. The molecule has 2 N–H and O–H groups in total. The summed E-state index contributed by atoms with van der Waals surface area (Å²) >= 11 is 0. The summed E-state index contributed by atoms with van der Waals surface area (Å²) in [5.74, 6) is 0.0757. The van der Waals surface area contributed by atoms with Gasteiger partial charge in [0.2, 0.25) is 5.91 Å². The lowest BCUT2D eigenvalue weighted by atomic mass is 10.1. The average molecular weight is 403 g/mol. The number of imidazole rings is 1. The number of likely N-dealkylation sites (N-methyl/N-ethyl adjacent to an activating group) is 1. The van der Waals surface area contributed by atoms with E-state index in [4.69, 9.17) is 0 Å². The maximum absolute atomic E-state index is 12.5. The fraction of sp³-hybridized carbons (Fsp3) is 0.261. The lowest BCUT2D eigenvalue weighted by molar-refractivity contribution is -0.117. The number of nitrogens with zero attached hydrogens (tertiary/aromatic N) is 4. The summed E-state index contributed by atoms with van der Waals surface area (Å²) in [6.07, 6.45) is 0. The third kappa shape index (κ3) is 4.34. The van der Waals surface area contributed by atoms with Crippen LogP contribution in [-0.2, 0) is 11.8 Å². The van der Waals surface area contributed by atoms with Crippen LogP contribution in [0.25, 0.3) is 16.6 Å². The summed E-state index contributed by atoms with van der Waals surface area (Å²) in [6.45, 7) is 4.00. The Hall–Kier alpha value is -3.63. The Morgan fingerprint density at radius 2 is 1.83 bits per heavy atom. The first-order valence-corrected chi connectivity index (χ1v) is 9.60. The van der Waals surface area contributed by atoms with Crippen molar-refractivity contribution in [2.75, 3.05) is 25.5 Å². The molecule has 0 fully saturated rings. The van der Waals surface area contributed by atoms with Gasteiger partial charge in [0, 0.05) is 12.7 Å². The van der Waals surface area contributed by atoms with Gasteiger partial charge in [-0.15, -0.1) is 0 Å². The number of carbonyl (C=O) groups is 1. The van der Waals surface area contributed by atoms with Crippen LogP contribution >= 0.6 is 0 Å². The van der Waals surface area contributed by atoms with Crippen LogP contribution in [0.1, 0.15) is 17.0 Å². The standard InChI is InChI=1S/C23H25N5O2/c1-15-8-7-9-16(2)22(15)26-21(30)14-27(3)13-20(29)17(12-24)23-25-18-10-5-6-11-19(18)28(23)4/h5-11,29H,13-14H2,1-4H3,(H,26,30)/b20-17-. The van der Waals surface area contributed by atoms with Gasteiger partial charge in [-0.05, 0) is 44.2 Å². The molecule has 154 valence electrons. The van der Waals surface area contributed by atoms with Gasteiger partial charge in [0.05, 0.1) is 24.1 Å². The van der Waals surface area contributed by atoms with Gasteiger partial charge < -0.3 is 15.0 Å². The summed E-state index contributed by atoms with van der Waals surface area (Å²) in [7, 11) is 3.52. The molecule has 0 aliphatic heterocycles. The Balaban J connectivity index is 1.75. The molecule has 2 aromatic carbocycles. The summed E-state index contributed by atoms with van der Waals surface area (Å²) in [4.78, 5) is 18.6. The lowest BCUT2D eigenvalue weighted by Crippen LogP contribution is -2.32. The number of rotatable bonds is 6. The number of anilines is 1. The fourth-order valence-corrected chi connectivity index (χ4v) is 3.44. The molecular formula is C23H25N5O2. The molecular weight excluding hydrogens is 378 g/mol. The number of aryl methyl sites for hydroxylation is 3. The van der Waals surface area contributed by atoms with Crippen molar-refractivity contribution < 1.29 is 9.90 Å². The molecule has 0 spiro atoms. The van der Waals surface area contributed by atoms with Crippen LogP contribution in [0.5, 0.6) is 0 Å². The number of hydrogen-bond acceptors (Lipinski definition) is 5. The Morgan fingerprint density at radius 3 is 2.47 bits per heavy atom. The van der Waals surface area contributed by atoms with Gasteiger partial charge in [0.25, 0.3) is 0 Å². The number of nitrogens with one attached hydrogen (secondary N) is 1. The zero-order valence-corrected chi connectivity index (χ0v) is 17.6. The number of fused-ring (bicyclic) bond motifs is 1. The molecule has 0 aliphatic carbocycles. The van der Waals surface area contributed by atoms with E-state index in [1.165, 1.54) is 0 Å². The molecule has 1 aromatic heterocycles. The van der Waals surface area contributed by atoms with E-state index < -0.39 is 0 Å². The smallest absolute Gasteiger partial charge is 0.238 e. The number of allylic oxidation sites excluding steroid dienone is 1. The summed E-state index contributed by atoms with van der Waals surface area (Å²) in [5.41, 5.74) is 4.49. The maximum atomic E-state index is 12.5. The minimum atomic E-state index is -0.191. The highest BCUT2D eigenvalue weighted by atomic mass is 16.3. The molecule has 7 heteroatoms. The second-order valence-electron chi connectivity index (χ2n) is 7.40. The van der Waals surface area contributed by atoms with E-state index in [1.54, 1.807) is 23.6 Å². The van der Waals surface area contributed by atoms with E-state index in [-0.39, 0.29) is 30.3 Å². The number of aromatic nitrogens is 2. The quantitative estimate of drug-likeness (QED) is 0.485. The van der Waals surface area contributed by atoms with Crippen LogP contribution in [0.3, 0.4) is 0 Å². The molecule has 1 heterocycles. The highest BCUT2D eigenvalue weighted by Gasteiger charge is 2.18. The fourth-order valence-electron chi connectivity index (χ4n) is 3.44. The summed E-state index contributed by atoms with van der Waals surface area (Å²) < 4.78 is 1.78. The van der Waals surface area contributed by atoms with Crippen molar-refractivity contribution in [3.8, 4) is 6.07 Å². The zero-order chi connectivity index (χ0) is 21.8. The lowest BCUT2D eigenvalue weighted by Gasteiger charge is -2.18. The molecule has 0 bridgehead atoms. The normalized spacial score (nSPS) is 12.0. The summed E-state index contributed by atoms with van der Waals surface area (Å²) in [6, 6.07) is 15.4. The molecule has 1 amide bonds. The van der Waals surface area contributed by atoms with Crippen LogP contribution in [-0.4, -0.2) is 45.6 Å². The van der Waals surface area contributed by atoms with E-state index in [2.05, 4.69) is 16.4 Å². The molecule has 0 aliphatic rings. The Morgan fingerprint density at radius 1 is 1.17 bits per heavy atom. The molecule has 7 nitrogen and oxygen atoms in total. The van der Waals surface area contributed by atoms with Gasteiger partial charge in [0.1, 0.15) is 17.4 Å². The number of carbonyl (C=O) groups excluding carboxylic acids is 1. The maximum Gasteiger partial charge on any atom is 0.238 e. The first-order valence-electron chi connectivity index (χ1n) is 9.60. The second-order valence-corrected chi connectivity index (χ2v) is 7.40. The van der Waals surface area contributed by atoms with Gasteiger partial charge in [-0.1, -0.05) is 30.3 Å². The third-order valence-corrected chi connectivity index (χ3v) is 4.99. The van der Waals surface area contributed by atoms with Crippen LogP contribution in [0, 0.1) is 25.2 Å². The number of benzene rings is 2.